The van der Waals surface area contributed by atoms with Crippen LogP contribution in [-0.4, -0.2) is 59.6 Å². The van der Waals surface area contributed by atoms with Gasteiger partial charge in [-0.1, -0.05) is 19.3 Å². The number of carbonyl (C=O) groups is 3. The molecule has 1 aliphatic carbocycles. The number of imide groups is 1. The van der Waals surface area contributed by atoms with Gasteiger partial charge in [-0.3, -0.25) is 4.79 Å². The van der Waals surface area contributed by atoms with Gasteiger partial charge in [0.05, 0.1) is 6.04 Å². The zero-order valence-corrected chi connectivity index (χ0v) is 11.3. The Morgan fingerprint density at radius 2 is 1.85 bits per heavy atom. The van der Waals surface area contributed by atoms with Crippen molar-refractivity contribution in [2.24, 2.45) is 0 Å². The number of rotatable bonds is 2. The van der Waals surface area contributed by atoms with Crippen molar-refractivity contribution in [1.29, 1.82) is 0 Å². The van der Waals surface area contributed by atoms with Crippen molar-refractivity contribution in [3.8, 4) is 0 Å². The van der Waals surface area contributed by atoms with Gasteiger partial charge in [-0.05, 0) is 12.8 Å². The van der Waals surface area contributed by atoms with Gasteiger partial charge >= 0.3 is 12.1 Å². The van der Waals surface area contributed by atoms with Gasteiger partial charge in [0, 0.05) is 19.1 Å². The summed E-state index contributed by atoms with van der Waals surface area (Å²) in [5, 5.41) is 3.02. The quantitative estimate of drug-likeness (QED) is 0.807. The molecule has 2 heterocycles. The monoisotopic (exact) mass is 281 g/mol. The molecule has 1 N–H and O–H groups in total. The second-order valence-corrected chi connectivity index (χ2v) is 5.66. The van der Waals surface area contributed by atoms with Crippen molar-refractivity contribution in [2.75, 3.05) is 19.7 Å². The van der Waals surface area contributed by atoms with E-state index in [1.165, 1.54) is 19.3 Å². The molecule has 2 saturated heterocycles. The standard InChI is InChI=1S/C13H19N3O4/c17-11-8-20-13(19)16(11)10-6-15(7-10)12(18)14-9-4-2-1-3-5-9/h9-10H,1-8H2,(H,14,18). The molecule has 7 nitrogen and oxygen atoms in total. The zero-order valence-electron chi connectivity index (χ0n) is 11.3. The minimum atomic E-state index is -0.590. The number of carbonyl (C=O) groups excluding carboxylic acids is 3. The van der Waals surface area contributed by atoms with E-state index in [0.29, 0.717) is 13.1 Å². The fourth-order valence-electron chi connectivity index (χ4n) is 3.01. The molecule has 0 radical (unpaired) electrons. The molecule has 7 heteroatoms. The number of nitrogens with zero attached hydrogens (tertiary/aromatic N) is 2. The van der Waals surface area contributed by atoms with Gasteiger partial charge < -0.3 is 15.0 Å². The molecule has 3 fully saturated rings. The fraction of sp³-hybridized carbons (Fsp3) is 0.769. The van der Waals surface area contributed by atoms with E-state index < -0.39 is 6.09 Å². The molecule has 0 atom stereocenters. The molecule has 0 unspecified atom stereocenters. The van der Waals surface area contributed by atoms with E-state index >= 15 is 0 Å². The highest BCUT2D eigenvalue weighted by Crippen LogP contribution is 2.21. The molecule has 110 valence electrons. The first kappa shape index (κ1) is 13.2. The van der Waals surface area contributed by atoms with Crippen molar-refractivity contribution < 1.29 is 19.1 Å². The molecule has 0 aromatic carbocycles. The Hall–Kier alpha value is -1.79. The van der Waals surface area contributed by atoms with Crippen LogP contribution in [0.25, 0.3) is 0 Å². The Morgan fingerprint density at radius 1 is 1.15 bits per heavy atom. The number of hydrogen-bond donors (Lipinski definition) is 1. The lowest BCUT2D eigenvalue weighted by Gasteiger charge is -2.42. The van der Waals surface area contributed by atoms with E-state index in [2.05, 4.69) is 10.1 Å². The van der Waals surface area contributed by atoms with Gasteiger partial charge in [0.25, 0.3) is 5.91 Å². The fourth-order valence-corrected chi connectivity index (χ4v) is 3.01. The lowest BCUT2D eigenvalue weighted by molar-refractivity contribution is -0.129. The summed E-state index contributed by atoms with van der Waals surface area (Å²) in [5.74, 6) is -0.313. The van der Waals surface area contributed by atoms with Crippen LogP contribution in [0.3, 0.4) is 0 Å². The highest BCUT2D eigenvalue weighted by atomic mass is 16.6. The maximum atomic E-state index is 12.0. The van der Waals surface area contributed by atoms with E-state index in [1.807, 2.05) is 0 Å². The first-order chi connectivity index (χ1) is 9.65. The van der Waals surface area contributed by atoms with Gasteiger partial charge in [-0.25, -0.2) is 14.5 Å². The van der Waals surface area contributed by atoms with Crippen LogP contribution >= 0.6 is 0 Å². The molecular weight excluding hydrogens is 262 g/mol. The maximum Gasteiger partial charge on any atom is 0.417 e. The molecule has 0 aromatic rings. The van der Waals surface area contributed by atoms with Gasteiger partial charge in [0.2, 0.25) is 0 Å². The third kappa shape index (κ3) is 2.44. The Bertz CT molecular complexity index is 411. The second kappa shape index (κ2) is 5.30. The van der Waals surface area contributed by atoms with Gasteiger partial charge in [0.1, 0.15) is 0 Å². The SMILES string of the molecule is O=C(NC1CCCCC1)N1CC(N2C(=O)COC2=O)C1. The van der Waals surface area contributed by atoms with Crippen LogP contribution in [-0.2, 0) is 9.53 Å². The zero-order chi connectivity index (χ0) is 14.1. The van der Waals surface area contributed by atoms with Gasteiger partial charge in [-0.15, -0.1) is 0 Å². The smallest absolute Gasteiger partial charge is 0.417 e. The Morgan fingerprint density at radius 3 is 2.45 bits per heavy atom. The summed E-state index contributed by atoms with van der Waals surface area (Å²) >= 11 is 0. The molecule has 3 rings (SSSR count). The van der Waals surface area contributed by atoms with Crippen molar-refractivity contribution in [3.05, 3.63) is 0 Å². The maximum absolute atomic E-state index is 12.0. The van der Waals surface area contributed by atoms with Crippen LogP contribution < -0.4 is 5.32 Å². The molecule has 1 saturated carbocycles. The van der Waals surface area contributed by atoms with Crippen LogP contribution in [0.4, 0.5) is 9.59 Å². The predicted molar refractivity (Wildman–Crippen MR) is 69.0 cm³/mol. The number of urea groups is 1. The number of cyclic esters (lactones) is 1. The van der Waals surface area contributed by atoms with E-state index in [9.17, 15) is 14.4 Å². The van der Waals surface area contributed by atoms with Crippen molar-refractivity contribution in [1.82, 2.24) is 15.1 Å². The molecule has 3 aliphatic rings. The molecule has 2 aliphatic heterocycles. The van der Waals surface area contributed by atoms with E-state index in [-0.39, 0.29) is 30.6 Å². The normalized spacial score (nSPS) is 24.6. The Labute approximate surface area is 117 Å². The summed E-state index contributed by atoms with van der Waals surface area (Å²) in [5.41, 5.74) is 0. The lowest BCUT2D eigenvalue weighted by atomic mass is 9.95. The Balaban J connectivity index is 1.46. The minimum absolute atomic E-state index is 0.0897. The lowest BCUT2D eigenvalue weighted by Crippen LogP contribution is -2.64. The number of hydrogen-bond acceptors (Lipinski definition) is 4. The molecular formula is C13H19N3O4. The summed E-state index contributed by atoms with van der Waals surface area (Å²) in [4.78, 5) is 37.6. The third-order valence-electron chi connectivity index (χ3n) is 4.23. The molecule has 0 bridgehead atoms. The number of ether oxygens (including phenoxy) is 1. The summed E-state index contributed by atoms with van der Waals surface area (Å²) in [6.45, 7) is 0.627. The topological polar surface area (TPSA) is 79.0 Å². The van der Waals surface area contributed by atoms with Crippen molar-refractivity contribution in [2.45, 2.75) is 44.2 Å². The van der Waals surface area contributed by atoms with Crippen LogP contribution in [0.5, 0.6) is 0 Å². The van der Waals surface area contributed by atoms with E-state index in [1.54, 1.807) is 4.90 Å². The van der Waals surface area contributed by atoms with Crippen LogP contribution in [0.2, 0.25) is 0 Å². The largest absolute Gasteiger partial charge is 0.439 e. The van der Waals surface area contributed by atoms with Gasteiger partial charge in [0.15, 0.2) is 6.61 Å². The molecule has 4 amide bonds. The van der Waals surface area contributed by atoms with Crippen molar-refractivity contribution in [3.63, 3.8) is 0 Å². The summed E-state index contributed by atoms with van der Waals surface area (Å²) < 4.78 is 4.67. The number of likely N-dealkylation sites (tertiary alicyclic amines) is 1. The first-order valence-electron chi connectivity index (χ1n) is 7.19. The summed E-state index contributed by atoms with van der Waals surface area (Å²) in [6, 6.07) is -0.0450. The second-order valence-electron chi connectivity index (χ2n) is 5.66. The van der Waals surface area contributed by atoms with Crippen LogP contribution in [0, 0.1) is 0 Å². The first-order valence-corrected chi connectivity index (χ1v) is 7.19. The van der Waals surface area contributed by atoms with Gasteiger partial charge in [-0.2, -0.15) is 0 Å². The minimum Gasteiger partial charge on any atom is -0.439 e. The molecule has 0 spiro atoms. The average Bonchev–Trinajstić information content (AvgIpc) is 2.70. The molecule has 20 heavy (non-hydrogen) atoms. The highest BCUT2D eigenvalue weighted by Gasteiger charge is 2.44. The predicted octanol–water partition coefficient (Wildman–Crippen LogP) is 0.692. The number of nitrogens with one attached hydrogen (secondary N) is 1. The summed E-state index contributed by atoms with van der Waals surface area (Å²) in [7, 11) is 0. The Kier molecular flexibility index (Phi) is 3.50. The highest BCUT2D eigenvalue weighted by molar-refractivity contribution is 5.98. The number of amides is 4. The van der Waals surface area contributed by atoms with E-state index in [4.69, 9.17) is 0 Å². The average molecular weight is 281 g/mol. The third-order valence-corrected chi connectivity index (χ3v) is 4.23. The van der Waals surface area contributed by atoms with Crippen molar-refractivity contribution >= 4 is 18.0 Å². The molecule has 0 aromatic heterocycles. The van der Waals surface area contributed by atoms with E-state index in [0.717, 1.165) is 17.7 Å². The van der Waals surface area contributed by atoms with Crippen LogP contribution in [0.1, 0.15) is 32.1 Å². The van der Waals surface area contributed by atoms with Crippen LogP contribution in [0.15, 0.2) is 0 Å². The summed E-state index contributed by atoms with van der Waals surface area (Å²) in [6.07, 6.45) is 5.08.